The Hall–Kier alpha value is -3.81. The highest BCUT2D eigenvalue weighted by atomic mass is 16.2. The van der Waals surface area contributed by atoms with E-state index in [-0.39, 0.29) is 17.2 Å². The summed E-state index contributed by atoms with van der Waals surface area (Å²) < 4.78 is 2.04. The van der Waals surface area contributed by atoms with Gasteiger partial charge in [0, 0.05) is 48.3 Å². The summed E-state index contributed by atoms with van der Waals surface area (Å²) in [6.07, 6.45) is 5.24. The zero-order valence-corrected chi connectivity index (χ0v) is 15.2. The van der Waals surface area contributed by atoms with Crippen LogP contribution in [0.5, 0.6) is 0 Å². The van der Waals surface area contributed by atoms with Crippen LogP contribution in [-0.2, 0) is 6.54 Å². The molecular formula is C20H18N6O2. The van der Waals surface area contributed by atoms with E-state index in [4.69, 9.17) is 0 Å². The summed E-state index contributed by atoms with van der Waals surface area (Å²) in [5, 5.41) is 10.1. The van der Waals surface area contributed by atoms with Gasteiger partial charge in [-0.3, -0.25) is 14.6 Å². The highest BCUT2D eigenvalue weighted by Gasteiger charge is 2.14. The third-order valence-electron chi connectivity index (χ3n) is 4.53. The van der Waals surface area contributed by atoms with Crippen molar-refractivity contribution in [2.45, 2.75) is 13.5 Å². The van der Waals surface area contributed by atoms with Crippen molar-refractivity contribution in [3.05, 3.63) is 76.7 Å². The van der Waals surface area contributed by atoms with Crippen LogP contribution in [0, 0.1) is 6.92 Å². The molecular weight excluding hydrogens is 356 g/mol. The number of aryl methyl sites for hydroxylation is 1. The summed E-state index contributed by atoms with van der Waals surface area (Å²) in [6, 6.07) is 10.7. The number of amides is 1. The Morgan fingerprint density at radius 2 is 1.89 bits per heavy atom. The van der Waals surface area contributed by atoms with E-state index in [0.29, 0.717) is 23.9 Å². The number of imidazole rings is 1. The van der Waals surface area contributed by atoms with Crippen molar-refractivity contribution >= 4 is 16.7 Å². The first-order chi connectivity index (χ1) is 13.6. The van der Waals surface area contributed by atoms with Gasteiger partial charge >= 0.3 is 0 Å². The van der Waals surface area contributed by atoms with Gasteiger partial charge in [0.05, 0.1) is 5.39 Å². The van der Waals surface area contributed by atoms with Gasteiger partial charge in [-0.25, -0.2) is 10.1 Å². The normalized spacial score (nSPS) is 10.9. The number of hydrogen-bond donors (Lipinski definition) is 2. The summed E-state index contributed by atoms with van der Waals surface area (Å²) in [5.74, 6) is 0.484. The average molecular weight is 374 g/mol. The van der Waals surface area contributed by atoms with Gasteiger partial charge < -0.3 is 9.88 Å². The molecule has 0 bridgehead atoms. The Bertz CT molecular complexity index is 1200. The first kappa shape index (κ1) is 17.6. The van der Waals surface area contributed by atoms with Gasteiger partial charge in [-0.15, -0.1) is 0 Å². The number of carbonyl (C=O) groups excluding carboxylic acids is 1. The molecule has 0 aliphatic rings. The van der Waals surface area contributed by atoms with E-state index in [1.165, 1.54) is 0 Å². The molecule has 0 saturated carbocycles. The monoisotopic (exact) mass is 374 g/mol. The Morgan fingerprint density at radius 3 is 2.68 bits per heavy atom. The molecule has 1 aromatic carbocycles. The van der Waals surface area contributed by atoms with Crippen molar-refractivity contribution in [3.63, 3.8) is 0 Å². The van der Waals surface area contributed by atoms with Gasteiger partial charge in [-0.1, -0.05) is 18.2 Å². The molecule has 4 aromatic rings. The minimum Gasteiger partial charge on any atom is -0.349 e. The van der Waals surface area contributed by atoms with Crippen LogP contribution in [0.3, 0.4) is 0 Å². The van der Waals surface area contributed by atoms with E-state index >= 15 is 0 Å². The predicted octanol–water partition coefficient (Wildman–Crippen LogP) is 1.92. The lowest BCUT2D eigenvalue weighted by Crippen LogP contribution is -2.29. The second-order valence-corrected chi connectivity index (χ2v) is 6.31. The zero-order valence-electron chi connectivity index (χ0n) is 15.2. The van der Waals surface area contributed by atoms with Crippen LogP contribution in [0.4, 0.5) is 0 Å². The van der Waals surface area contributed by atoms with Gasteiger partial charge in [-0.2, -0.15) is 5.10 Å². The van der Waals surface area contributed by atoms with Crippen molar-refractivity contribution in [1.82, 2.24) is 30.0 Å². The molecule has 3 aromatic heterocycles. The summed E-state index contributed by atoms with van der Waals surface area (Å²) in [6.45, 7) is 2.91. The highest BCUT2D eigenvalue weighted by Crippen LogP contribution is 2.18. The van der Waals surface area contributed by atoms with Crippen molar-refractivity contribution in [2.75, 3.05) is 6.54 Å². The minimum absolute atomic E-state index is 0.201. The molecule has 0 saturated heterocycles. The van der Waals surface area contributed by atoms with Gasteiger partial charge in [-0.05, 0) is 25.1 Å². The molecule has 0 aliphatic heterocycles. The SMILES string of the molecule is Cc1cnc(-c2ccncc2)n1CCNC(=O)c1n[nH]c(=O)c2ccccc12. The van der Waals surface area contributed by atoms with Crippen LogP contribution in [0.25, 0.3) is 22.2 Å². The number of nitrogens with one attached hydrogen (secondary N) is 2. The maximum atomic E-state index is 12.6. The van der Waals surface area contributed by atoms with Crippen LogP contribution in [0.2, 0.25) is 0 Å². The molecule has 8 heteroatoms. The quantitative estimate of drug-likeness (QED) is 0.555. The zero-order chi connectivity index (χ0) is 19.5. The number of H-pyrrole nitrogens is 1. The lowest BCUT2D eigenvalue weighted by molar-refractivity contribution is 0.0948. The van der Waals surface area contributed by atoms with Crippen molar-refractivity contribution < 1.29 is 4.79 Å². The predicted molar refractivity (Wildman–Crippen MR) is 105 cm³/mol. The third kappa shape index (κ3) is 3.27. The van der Waals surface area contributed by atoms with Crippen molar-refractivity contribution in [3.8, 4) is 11.4 Å². The Kier molecular flexibility index (Phi) is 4.67. The minimum atomic E-state index is -0.337. The van der Waals surface area contributed by atoms with Crippen LogP contribution in [-0.4, -0.2) is 37.2 Å². The number of aromatic amines is 1. The maximum absolute atomic E-state index is 12.6. The fourth-order valence-electron chi connectivity index (χ4n) is 3.13. The van der Waals surface area contributed by atoms with Gasteiger partial charge in [0.25, 0.3) is 11.5 Å². The molecule has 0 radical (unpaired) electrons. The molecule has 140 valence electrons. The number of hydrogen-bond acceptors (Lipinski definition) is 5. The first-order valence-corrected chi connectivity index (χ1v) is 8.83. The number of aromatic nitrogens is 5. The van der Waals surface area contributed by atoms with Gasteiger partial charge in [0.1, 0.15) is 5.82 Å². The fourth-order valence-corrected chi connectivity index (χ4v) is 3.13. The number of carbonyl (C=O) groups is 1. The smallest absolute Gasteiger partial charge is 0.272 e. The van der Waals surface area contributed by atoms with Crippen molar-refractivity contribution in [2.24, 2.45) is 0 Å². The molecule has 2 N–H and O–H groups in total. The van der Waals surface area contributed by atoms with E-state index in [1.54, 1.807) is 42.9 Å². The molecule has 0 aliphatic carbocycles. The molecule has 3 heterocycles. The van der Waals surface area contributed by atoms with E-state index < -0.39 is 0 Å². The number of nitrogens with zero attached hydrogens (tertiary/aromatic N) is 4. The molecule has 4 rings (SSSR count). The Labute approximate surface area is 160 Å². The average Bonchev–Trinajstić information content (AvgIpc) is 3.09. The van der Waals surface area contributed by atoms with Crippen LogP contribution in [0.15, 0.2) is 59.8 Å². The summed E-state index contributed by atoms with van der Waals surface area (Å²) in [4.78, 5) is 33.0. The topological polar surface area (TPSA) is 106 Å². The van der Waals surface area contributed by atoms with E-state index in [1.807, 2.05) is 23.6 Å². The first-order valence-electron chi connectivity index (χ1n) is 8.83. The lowest BCUT2D eigenvalue weighted by atomic mass is 10.1. The van der Waals surface area contributed by atoms with E-state index in [9.17, 15) is 9.59 Å². The summed E-state index contributed by atoms with van der Waals surface area (Å²) >= 11 is 0. The van der Waals surface area contributed by atoms with Crippen molar-refractivity contribution in [1.29, 1.82) is 0 Å². The van der Waals surface area contributed by atoms with Crippen LogP contribution >= 0.6 is 0 Å². The molecule has 1 amide bonds. The largest absolute Gasteiger partial charge is 0.349 e. The molecule has 0 fully saturated rings. The highest BCUT2D eigenvalue weighted by molar-refractivity contribution is 6.04. The van der Waals surface area contributed by atoms with Crippen LogP contribution < -0.4 is 10.9 Å². The maximum Gasteiger partial charge on any atom is 0.272 e. The van der Waals surface area contributed by atoms with Crippen LogP contribution in [0.1, 0.15) is 16.2 Å². The lowest BCUT2D eigenvalue weighted by Gasteiger charge is -2.11. The number of pyridine rings is 1. The Balaban J connectivity index is 1.51. The van der Waals surface area contributed by atoms with E-state index in [0.717, 1.165) is 17.1 Å². The molecule has 28 heavy (non-hydrogen) atoms. The fraction of sp³-hybridized carbons (Fsp3) is 0.150. The Morgan fingerprint density at radius 1 is 1.14 bits per heavy atom. The van der Waals surface area contributed by atoms with Gasteiger partial charge in [0.2, 0.25) is 0 Å². The molecule has 8 nitrogen and oxygen atoms in total. The molecule has 0 unspecified atom stereocenters. The van der Waals surface area contributed by atoms with E-state index in [2.05, 4.69) is 25.5 Å². The summed E-state index contributed by atoms with van der Waals surface area (Å²) in [5.41, 5.74) is 1.84. The molecule has 0 spiro atoms. The second kappa shape index (κ2) is 7.43. The standard InChI is InChI=1S/C20H18N6O2/c1-13-12-23-18(14-6-8-21-9-7-14)26(13)11-10-22-20(28)17-15-4-2-3-5-16(15)19(27)25-24-17/h2-9,12H,10-11H2,1H3,(H,22,28)(H,25,27). The second-order valence-electron chi connectivity index (χ2n) is 6.31. The number of benzene rings is 1. The summed E-state index contributed by atoms with van der Waals surface area (Å²) in [7, 11) is 0. The number of rotatable bonds is 5. The number of fused-ring (bicyclic) bond motifs is 1. The van der Waals surface area contributed by atoms with Gasteiger partial charge in [0.15, 0.2) is 5.69 Å². The third-order valence-corrected chi connectivity index (χ3v) is 4.53. The molecule has 0 atom stereocenters.